The van der Waals surface area contributed by atoms with Crippen molar-refractivity contribution in [3.05, 3.63) is 86.3 Å². The van der Waals surface area contributed by atoms with Crippen molar-refractivity contribution in [3.8, 4) is 11.5 Å². The van der Waals surface area contributed by atoms with Crippen molar-refractivity contribution >= 4 is 74.9 Å². The molecular weight excluding hydrogens is 635 g/mol. The predicted octanol–water partition coefficient (Wildman–Crippen LogP) is 6.67. The Balaban J connectivity index is 1.48. The van der Waals surface area contributed by atoms with Gasteiger partial charge in [-0.25, -0.2) is 0 Å². The second kappa shape index (κ2) is 13.2. The van der Waals surface area contributed by atoms with E-state index in [2.05, 4.69) is 27.9 Å². The van der Waals surface area contributed by atoms with Crippen LogP contribution >= 0.6 is 46.1 Å². The quantitative estimate of drug-likeness (QED) is 0.148. The Morgan fingerprint density at radius 3 is 2.61 bits per heavy atom. The van der Waals surface area contributed by atoms with E-state index in [0.29, 0.717) is 36.0 Å². The van der Waals surface area contributed by atoms with Crippen LogP contribution in [-0.2, 0) is 16.2 Å². The molecule has 7 nitrogen and oxygen atoms in total. The molecule has 3 aromatic carbocycles. The van der Waals surface area contributed by atoms with Crippen molar-refractivity contribution in [3.63, 3.8) is 0 Å². The van der Waals surface area contributed by atoms with E-state index >= 15 is 0 Å². The topological polar surface area (TPSA) is 84.9 Å². The van der Waals surface area contributed by atoms with E-state index in [1.54, 1.807) is 30.0 Å². The molecule has 1 saturated heterocycles. The highest BCUT2D eigenvalue weighted by Gasteiger charge is 2.36. The number of ether oxygens (including phenoxy) is 2. The van der Waals surface area contributed by atoms with Crippen LogP contribution in [0.15, 0.2) is 76.5 Å². The van der Waals surface area contributed by atoms with Gasteiger partial charge in [-0.1, -0.05) is 36.4 Å². The zero-order chi connectivity index (χ0) is 27.1. The highest BCUT2D eigenvalue weighted by molar-refractivity contribution is 14.1. The molecule has 4 rings (SSSR count). The number of carbonyl (C=O) groups excluding carboxylic acids is 3. The van der Waals surface area contributed by atoms with Crippen molar-refractivity contribution in [2.75, 3.05) is 24.7 Å². The molecule has 1 aliphatic rings. The van der Waals surface area contributed by atoms with Crippen molar-refractivity contribution in [1.29, 1.82) is 0 Å². The molecule has 1 N–H and O–H groups in total. The molecule has 0 spiro atoms. The van der Waals surface area contributed by atoms with E-state index in [9.17, 15) is 14.4 Å². The fourth-order valence-corrected chi connectivity index (χ4v) is 5.72. The predicted molar refractivity (Wildman–Crippen MR) is 161 cm³/mol. The van der Waals surface area contributed by atoms with Crippen molar-refractivity contribution < 1.29 is 23.9 Å². The van der Waals surface area contributed by atoms with Gasteiger partial charge in [-0.3, -0.25) is 19.3 Å². The van der Waals surface area contributed by atoms with Crippen molar-refractivity contribution in [1.82, 2.24) is 4.90 Å². The van der Waals surface area contributed by atoms with Crippen LogP contribution in [0.2, 0.25) is 0 Å². The summed E-state index contributed by atoms with van der Waals surface area (Å²) in [5.41, 5.74) is 2.33. The number of hydrogen-bond donors (Lipinski definition) is 1. The monoisotopic (exact) mass is 660 g/mol. The third-order valence-electron chi connectivity index (χ3n) is 5.38. The molecule has 0 unspecified atom stereocenters. The Labute approximate surface area is 243 Å². The average Bonchev–Trinajstić information content (AvgIpc) is 3.16. The lowest BCUT2D eigenvalue weighted by atomic mass is 10.1. The van der Waals surface area contributed by atoms with Gasteiger partial charge in [0.05, 0.1) is 15.1 Å². The van der Waals surface area contributed by atoms with Crippen LogP contribution in [0.3, 0.4) is 0 Å². The molecule has 0 aromatic heterocycles. The summed E-state index contributed by atoms with van der Waals surface area (Å²) in [6.07, 6.45) is 3.58. The molecule has 1 heterocycles. The highest BCUT2D eigenvalue weighted by atomic mass is 127. The fourth-order valence-electron chi connectivity index (χ4n) is 3.64. The minimum absolute atomic E-state index is 0.239. The molecule has 1 aliphatic heterocycles. The number of imide groups is 1. The van der Waals surface area contributed by atoms with Crippen LogP contribution in [-0.4, -0.2) is 41.4 Å². The Morgan fingerprint density at radius 1 is 1.08 bits per heavy atom. The van der Waals surface area contributed by atoms with Gasteiger partial charge in [0.1, 0.15) is 13.2 Å². The summed E-state index contributed by atoms with van der Waals surface area (Å²) in [4.78, 5) is 40.3. The van der Waals surface area contributed by atoms with E-state index in [1.165, 1.54) is 0 Å². The van der Waals surface area contributed by atoms with Gasteiger partial charge < -0.3 is 14.8 Å². The first kappa shape index (κ1) is 28.1. The average molecular weight is 661 g/mol. The maximum atomic E-state index is 13.0. The third kappa shape index (κ3) is 7.12. The summed E-state index contributed by atoms with van der Waals surface area (Å²) in [7, 11) is 0. The normalized spacial score (nSPS) is 14.2. The summed E-state index contributed by atoms with van der Waals surface area (Å²) in [5, 5.41) is 2.26. The number of thioether (sulfide) groups is 2. The SMILES string of the molecule is CCOc1cc(/C=C2/SC(=O)N(CC(=O)Nc3cccc(SC)c3)C2=O)cc(I)c1OCc1ccccc1. The van der Waals surface area contributed by atoms with Crippen LogP contribution < -0.4 is 14.8 Å². The van der Waals surface area contributed by atoms with Crippen LogP contribution in [0, 0.1) is 3.57 Å². The standard InChI is InChI=1S/C28H25IN2O5S2/c1-3-35-23-13-19(12-22(29)26(23)36-17-18-8-5-4-6-9-18)14-24-27(33)31(28(34)38-24)16-25(32)30-20-10-7-11-21(15-20)37-2/h4-15H,3,16-17H2,1-2H3,(H,30,32)/b24-14+. The molecule has 0 atom stereocenters. The summed E-state index contributed by atoms with van der Waals surface area (Å²) in [6.45, 7) is 2.35. The summed E-state index contributed by atoms with van der Waals surface area (Å²) >= 11 is 4.53. The number of nitrogens with one attached hydrogen (secondary N) is 1. The number of nitrogens with zero attached hydrogens (tertiary/aromatic N) is 1. The second-order valence-electron chi connectivity index (χ2n) is 8.09. The van der Waals surface area contributed by atoms with Crippen LogP contribution in [0.4, 0.5) is 10.5 Å². The van der Waals surface area contributed by atoms with E-state index < -0.39 is 17.1 Å². The highest BCUT2D eigenvalue weighted by Crippen LogP contribution is 2.38. The molecule has 0 bridgehead atoms. The van der Waals surface area contributed by atoms with E-state index in [-0.39, 0.29) is 11.4 Å². The lowest BCUT2D eigenvalue weighted by Gasteiger charge is -2.15. The zero-order valence-corrected chi connectivity index (χ0v) is 24.5. The molecule has 3 amide bonds. The largest absolute Gasteiger partial charge is 0.490 e. The van der Waals surface area contributed by atoms with E-state index in [4.69, 9.17) is 9.47 Å². The Bertz CT molecular complexity index is 1380. The molecule has 196 valence electrons. The van der Waals surface area contributed by atoms with Crippen LogP contribution in [0.5, 0.6) is 11.5 Å². The summed E-state index contributed by atoms with van der Waals surface area (Å²) in [6, 6.07) is 20.8. The minimum atomic E-state index is -0.509. The molecule has 0 radical (unpaired) electrons. The molecule has 0 aliphatic carbocycles. The van der Waals surface area contributed by atoms with Gasteiger partial charge >= 0.3 is 0 Å². The Kier molecular flexibility index (Phi) is 9.75. The molecule has 0 saturated carbocycles. The number of hydrogen-bond acceptors (Lipinski definition) is 7. The van der Waals surface area contributed by atoms with Crippen molar-refractivity contribution in [2.45, 2.75) is 18.4 Å². The Morgan fingerprint density at radius 2 is 1.87 bits per heavy atom. The maximum absolute atomic E-state index is 13.0. The van der Waals surface area contributed by atoms with Crippen LogP contribution in [0.1, 0.15) is 18.1 Å². The third-order valence-corrected chi connectivity index (χ3v) is 7.82. The van der Waals surface area contributed by atoms with Gasteiger partial charge in [0.15, 0.2) is 11.5 Å². The number of anilines is 1. The lowest BCUT2D eigenvalue weighted by molar-refractivity contribution is -0.127. The van der Waals surface area contributed by atoms with Gasteiger partial charge in [-0.2, -0.15) is 0 Å². The van der Waals surface area contributed by atoms with Gasteiger partial charge in [-0.15, -0.1) is 11.8 Å². The number of halogens is 1. The smallest absolute Gasteiger partial charge is 0.294 e. The van der Waals surface area contributed by atoms with Gasteiger partial charge in [0.25, 0.3) is 11.1 Å². The van der Waals surface area contributed by atoms with Gasteiger partial charge in [-0.05, 0) is 95.1 Å². The molecular formula is C28H25IN2O5S2. The number of benzene rings is 3. The number of amides is 3. The van der Waals surface area contributed by atoms with E-state index in [0.717, 1.165) is 30.7 Å². The summed E-state index contributed by atoms with van der Waals surface area (Å²) < 4.78 is 12.7. The molecule has 1 fully saturated rings. The fraction of sp³-hybridized carbons (Fsp3) is 0.179. The Hall–Kier alpha value is -2.96. The first-order chi connectivity index (χ1) is 18.4. The first-order valence-corrected chi connectivity index (χ1v) is 14.8. The number of rotatable bonds is 10. The maximum Gasteiger partial charge on any atom is 0.294 e. The van der Waals surface area contributed by atoms with Crippen LogP contribution in [0.25, 0.3) is 6.08 Å². The number of carbonyl (C=O) groups is 3. The summed E-state index contributed by atoms with van der Waals surface area (Å²) in [5.74, 6) is 0.210. The van der Waals surface area contributed by atoms with Gasteiger partial charge in [0.2, 0.25) is 5.91 Å². The van der Waals surface area contributed by atoms with E-state index in [1.807, 2.05) is 67.8 Å². The zero-order valence-electron chi connectivity index (χ0n) is 20.7. The first-order valence-electron chi connectivity index (χ1n) is 11.7. The molecule has 3 aromatic rings. The second-order valence-corrected chi connectivity index (χ2v) is 11.1. The lowest BCUT2D eigenvalue weighted by Crippen LogP contribution is -2.36. The van der Waals surface area contributed by atoms with Gasteiger partial charge in [0, 0.05) is 10.6 Å². The molecule has 38 heavy (non-hydrogen) atoms. The minimum Gasteiger partial charge on any atom is -0.490 e. The molecule has 10 heteroatoms. The van der Waals surface area contributed by atoms with Crippen molar-refractivity contribution in [2.24, 2.45) is 0 Å².